The third-order valence-corrected chi connectivity index (χ3v) is 5.60. The van der Waals surface area contributed by atoms with Crippen LogP contribution in [0, 0.1) is 0 Å². The van der Waals surface area contributed by atoms with Crippen LogP contribution in [-0.2, 0) is 6.54 Å². The Kier molecular flexibility index (Phi) is 5.21. The van der Waals surface area contributed by atoms with Gasteiger partial charge in [0.2, 0.25) is 0 Å². The van der Waals surface area contributed by atoms with Gasteiger partial charge in [0, 0.05) is 23.7 Å². The quantitative estimate of drug-likeness (QED) is 0.698. The Hall–Kier alpha value is -2.66. The predicted molar refractivity (Wildman–Crippen MR) is 109 cm³/mol. The van der Waals surface area contributed by atoms with Crippen LogP contribution >= 0.6 is 0 Å². The van der Waals surface area contributed by atoms with Crippen LogP contribution in [0.4, 0.5) is 5.69 Å². The number of hydrogen-bond donors (Lipinski definition) is 2. The molecule has 1 fully saturated rings. The molecule has 0 unspecified atom stereocenters. The van der Waals surface area contributed by atoms with E-state index in [0.29, 0.717) is 11.6 Å². The SMILES string of the molecule is CN(Cc1ccccc1NC(=O)c1cccc2cn[nH]c12)C1CCCCC1. The summed E-state index contributed by atoms with van der Waals surface area (Å²) in [6.45, 7) is 0.843. The Balaban J connectivity index is 1.52. The lowest BCUT2D eigenvalue weighted by Gasteiger charge is -2.31. The van der Waals surface area contributed by atoms with E-state index in [-0.39, 0.29) is 5.91 Å². The standard InChI is InChI=1S/C22H26N4O/c1-26(18-10-3-2-4-11-18)15-17-8-5-6-13-20(17)24-22(27)19-12-7-9-16-14-23-25-21(16)19/h5-9,12-14,18H,2-4,10-11,15H2,1H3,(H,23,25)(H,24,27). The monoisotopic (exact) mass is 362 g/mol. The van der Waals surface area contributed by atoms with Crippen molar-refractivity contribution in [3.05, 3.63) is 59.8 Å². The predicted octanol–water partition coefficient (Wildman–Crippen LogP) is 4.58. The first-order chi connectivity index (χ1) is 13.2. The van der Waals surface area contributed by atoms with Gasteiger partial charge >= 0.3 is 0 Å². The molecule has 5 nitrogen and oxygen atoms in total. The fraction of sp³-hybridized carbons (Fsp3) is 0.364. The van der Waals surface area contributed by atoms with Gasteiger partial charge in [-0.25, -0.2) is 0 Å². The molecule has 3 aromatic rings. The Labute approximate surface area is 159 Å². The van der Waals surface area contributed by atoms with Gasteiger partial charge in [-0.1, -0.05) is 49.6 Å². The lowest BCUT2D eigenvalue weighted by molar-refractivity contribution is 0.102. The topological polar surface area (TPSA) is 61.0 Å². The average Bonchev–Trinajstić information content (AvgIpc) is 3.19. The van der Waals surface area contributed by atoms with Gasteiger partial charge < -0.3 is 5.32 Å². The van der Waals surface area contributed by atoms with Crippen LogP contribution in [0.25, 0.3) is 10.9 Å². The van der Waals surface area contributed by atoms with Crippen molar-refractivity contribution >= 4 is 22.5 Å². The molecule has 0 atom stereocenters. The second kappa shape index (κ2) is 7.92. The van der Waals surface area contributed by atoms with E-state index < -0.39 is 0 Å². The lowest BCUT2D eigenvalue weighted by atomic mass is 9.94. The molecular weight excluding hydrogens is 336 g/mol. The fourth-order valence-corrected chi connectivity index (χ4v) is 4.05. The Morgan fingerprint density at radius 2 is 1.96 bits per heavy atom. The molecule has 2 N–H and O–H groups in total. The highest BCUT2D eigenvalue weighted by atomic mass is 16.1. The third kappa shape index (κ3) is 3.88. The number of nitrogens with one attached hydrogen (secondary N) is 2. The zero-order valence-electron chi connectivity index (χ0n) is 15.7. The van der Waals surface area contributed by atoms with Crippen LogP contribution in [0.15, 0.2) is 48.7 Å². The van der Waals surface area contributed by atoms with Gasteiger partial charge in [0.1, 0.15) is 0 Å². The van der Waals surface area contributed by atoms with Gasteiger partial charge in [-0.15, -0.1) is 0 Å². The van der Waals surface area contributed by atoms with Crippen LogP contribution in [0.5, 0.6) is 0 Å². The molecule has 0 saturated heterocycles. The minimum absolute atomic E-state index is 0.113. The highest BCUT2D eigenvalue weighted by molar-refractivity contribution is 6.12. The maximum atomic E-state index is 12.9. The molecule has 0 spiro atoms. The van der Waals surface area contributed by atoms with Crippen LogP contribution in [0.2, 0.25) is 0 Å². The van der Waals surface area contributed by atoms with Crippen LogP contribution in [-0.4, -0.2) is 34.1 Å². The third-order valence-electron chi connectivity index (χ3n) is 5.60. The molecule has 0 radical (unpaired) electrons. The van der Waals surface area contributed by atoms with Crippen molar-refractivity contribution in [3.63, 3.8) is 0 Å². The maximum absolute atomic E-state index is 12.9. The van der Waals surface area contributed by atoms with Crippen molar-refractivity contribution in [2.45, 2.75) is 44.7 Å². The van der Waals surface area contributed by atoms with Gasteiger partial charge in [0.05, 0.1) is 17.3 Å². The summed E-state index contributed by atoms with van der Waals surface area (Å²) >= 11 is 0. The number of rotatable bonds is 5. The summed E-state index contributed by atoms with van der Waals surface area (Å²) in [5.41, 5.74) is 3.41. The van der Waals surface area contributed by atoms with E-state index in [2.05, 4.69) is 33.5 Å². The van der Waals surface area contributed by atoms with E-state index in [9.17, 15) is 4.79 Å². The number of fused-ring (bicyclic) bond motifs is 1. The zero-order valence-corrected chi connectivity index (χ0v) is 15.7. The maximum Gasteiger partial charge on any atom is 0.257 e. The number of H-pyrrole nitrogens is 1. The number of amides is 1. The summed E-state index contributed by atoms with van der Waals surface area (Å²) in [6.07, 6.45) is 8.28. The van der Waals surface area contributed by atoms with E-state index in [1.165, 1.54) is 32.1 Å². The van der Waals surface area contributed by atoms with Crippen molar-refractivity contribution in [1.29, 1.82) is 0 Å². The Morgan fingerprint density at radius 1 is 1.15 bits per heavy atom. The number of para-hydroxylation sites is 2. The fourth-order valence-electron chi connectivity index (χ4n) is 4.05. The first kappa shape index (κ1) is 17.7. The minimum atomic E-state index is -0.113. The first-order valence-electron chi connectivity index (χ1n) is 9.74. The van der Waals surface area contributed by atoms with E-state index in [1.807, 2.05) is 36.4 Å². The number of carbonyl (C=O) groups is 1. The smallest absolute Gasteiger partial charge is 0.257 e. The van der Waals surface area contributed by atoms with Crippen molar-refractivity contribution in [3.8, 4) is 0 Å². The number of aromatic nitrogens is 2. The summed E-state index contributed by atoms with van der Waals surface area (Å²) in [4.78, 5) is 15.3. The van der Waals surface area contributed by atoms with Crippen LogP contribution < -0.4 is 5.32 Å². The summed E-state index contributed by atoms with van der Waals surface area (Å²) < 4.78 is 0. The molecule has 1 amide bonds. The molecule has 1 saturated carbocycles. The summed E-state index contributed by atoms with van der Waals surface area (Å²) in [6, 6.07) is 14.4. The summed E-state index contributed by atoms with van der Waals surface area (Å²) in [5.74, 6) is -0.113. The van der Waals surface area contributed by atoms with E-state index in [4.69, 9.17) is 0 Å². The molecule has 1 aliphatic rings. The number of hydrogen-bond acceptors (Lipinski definition) is 3. The van der Waals surface area contributed by atoms with Gasteiger partial charge in [-0.3, -0.25) is 14.8 Å². The number of anilines is 1. The zero-order chi connectivity index (χ0) is 18.6. The number of benzene rings is 2. The largest absolute Gasteiger partial charge is 0.322 e. The normalized spacial score (nSPS) is 15.3. The van der Waals surface area contributed by atoms with Crippen molar-refractivity contribution in [2.24, 2.45) is 0 Å². The average molecular weight is 362 g/mol. The number of aromatic amines is 1. The molecule has 0 bridgehead atoms. The molecule has 5 heteroatoms. The molecule has 1 heterocycles. The van der Waals surface area contributed by atoms with Gasteiger partial charge in [-0.05, 0) is 37.6 Å². The second-order valence-electron chi connectivity index (χ2n) is 7.46. The molecule has 1 aromatic heterocycles. The molecule has 1 aliphatic carbocycles. The molecule has 2 aromatic carbocycles. The highest BCUT2D eigenvalue weighted by Gasteiger charge is 2.19. The summed E-state index contributed by atoms with van der Waals surface area (Å²) in [5, 5.41) is 11.0. The summed E-state index contributed by atoms with van der Waals surface area (Å²) in [7, 11) is 2.19. The molecule has 140 valence electrons. The number of nitrogens with zero attached hydrogens (tertiary/aromatic N) is 2. The van der Waals surface area contributed by atoms with E-state index in [0.717, 1.165) is 28.7 Å². The highest BCUT2D eigenvalue weighted by Crippen LogP contribution is 2.25. The minimum Gasteiger partial charge on any atom is -0.322 e. The van der Waals surface area contributed by atoms with Crippen molar-refractivity contribution in [2.75, 3.05) is 12.4 Å². The van der Waals surface area contributed by atoms with Crippen LogP contribution in [0.3, 0.4) is 0 Å². The van der Waals surface area contributed by atoms with Gasteiger partial charge in [0.15, 0.2) is 0 Å². The van der Waals surface area contributed by atoms with Gasteiger partial charge in [0.25, 0.3) is 5.91 Å². The van der Waals surface area contributed by atoms with Crippen molar-refractivity contribution in [1.82, 2.24) is 15.1 Å². The number of carbonyl (C=O) groups excluding carboxylic acids is 1. The van der Waals surface area contributed by atoms with Crippen LogP contribution in [0.1, 0.15) is 48.0 Å². The lowest BCUT2D eigenvalue weighted by Crippen LogP contribution is -2.33. The van der Waals surface area contributed by atoms with E-state index in [1.54, 1.807) is 6.20 Å². The first-order valence-corrected chi connectivity index (χ1v) is 9.74. The van der Waals surface area contributed by atoms with Gasteiger partial charge in [-0.2, -0.15) is 5.10 Å². The molecular formula is C22H26N4O. The van der Waals surface area contributed by atoms with Crippen molar-refractivity contribution < 1.29 is 4.79 Å². The Morgan fingerprint density at radius 3 is 2.81 bits per heavy atom. The molecule has 0 aliphatic heterocycles. The Bertz CT molecular complexity index is 927. The van der Waals surface area contributed by atoms with E-state index >= 15 is 0 Å². The second-order valence-corrected chi connectivity index (χ2v) is 7.46. The molecule has 27 heavy (non-hydrogen) atoms. The molecule has 4 rings (SSSR count).